The Hall–Kier alpha value is -2.21. The van der Waals surface area contributed by atoms with Gasteiger partial charge in [-0.05, 0) is 42.7 Å². The van der Waals surface area contributed by atoms with E-state index in [0.29, 0.717) is 55.0 Å². The molecule has 26 heavy (non-hydrogen) atoms. The minimum Gasteiger partial charge on any atom is -0.486 e. The summed E-state index contributed by atoms with van der Waals surface area (Å²) >= 11 is 3.63. The molecule has 2 aromatic carbocycles. The molecule has 3 aliphatic rings. The number of halogens is 1. The smallest absolute Gasteiger partial charge is 0.166 e. The zero-order valence-corrected chi connectivity index (χ0v) is 15.6. The van der Waals surface area contributed by atoms with E-state index in [1.54, 1.807) is 0 Å². The van der Waals surface area contributed by atoms with Crippen molar-refractivity contribution in [2.24, 2.45) is 5.92 Å². The molecule has 2 aromatic rings. The monoisotopic (exact) mass is 416 g/mol. The fourth-order valence-corrected chi connectivity index (χ4v) is 3.89. The summed E-state index contributed by atoms with van der Waals surface area (Å²) in [5.41, 5.74) is 2.39. The van der Waals surface area contributed by atoms with Crippen molar-refractivity contribution in [2.75, 3.05) is 26.4 Å². The molecule has 0 radical (unpaired) electrons. The maximum absolute atomic E-state index is 12.9. The first-order valence-corrected chi connectivity index (χ1v) is 9.57. The van der Waals surface area contributed by atoms with E-state index in [-0.39, 0.29) is 11.7 Å². The number of hydrogen-bond donors (Lipinski definition) is 0. The van der Waals surface area contributed by atoms with Crippen molar-refractivity contribution in [1.29, 1.82) is 0 Å². The van der Waals surface area contributed by atoms with Crippen molar-refractivity contribution in [1.82, 2.24) is 0 Å². The van der Waals surface area contributed by atoms with Crippen LogP contribution in [0.4, 0.5) is 0 Å². The highest BCUT2D eigenvalue weighted by Crippen LogP contribution is 2.46. The predicted molar refractivity (Wildman–Crippen MR) is 98.6 cm³/mol. The van der Waals surface area contributed by atoms with Gasteiger partial charge in [0.2, 0.25) is 0 Å². The summed E-state index contributed by atoms with van der Waals surface area (Å²) in [6.45, 7) is 2.05. The highest BCUT2D eigenvalue weighted by molar-refractivity contribution is 9.10. The molecule has 2 heterocycles. The third-order valence-electron chi connectivity index (χ3n) is 4.82. The molecular formula is C20H17BrO5. The van der Waals surface area contributed by atoms with Crippen LogP contribution < -0.4 is 18.9 Å². The van der Waals surface area contributed by atoms with Crippen LogP contribution in [-0.2, 0) is 0 Å². The first-order chi connectivity index (χ1) is 12.7. The van der Waals surface area contributed by atoms with Crippen LogP contribution in [0.25, 0.3) is 11.1 Å². The normalized spacial score (nSPS) is 17.7. The van der Waals surface area contributed by atoms with Crippen molar-refractivity contribution < 1.29 is 23.7 Å². The van der Waals surface area contributed by atoms with E-state index in [1.165, 1.54) is 0 Å². The van der Waals surface area contributed by atoms with Crippen LogP contribution in [0.1, 0.15) is 23.2 Å². The molecule has 6 heteroatoms. The Kier molecular flexibility index (Phi) is 3.81. The molecule has 0 atom stereocenters. The Labute approximate surface area is 159 Å². The zero-order chi connectivity index (χ0) is 17.7. The van der Waals surface area contributed by atoms with E-state index < -0.39 is 0 Å². The molecule has 134 valence electrons. The van der Waals surface area contributed by atoms with Gasteiger partial charge in [-0.1, -0.05) is 15.9 Å². The average Bonchev–Trinajstić information content (AvgIpc) is 3.51. The number of hydrogen-bond acceptors (Lipinski definition) is 5. The summed E-state index contributed by atoms with van der Waals surface area (Å²) in [4.78, 5) is 12.9. The summed E-state index contributed by atoms with van der Waals surface area (Å²) in [5, 5.41) is 0. The van der Waals surface area contributed by atoms with Crippen LogP contribution in [0.3, 0.4) is 0 Å². The first-order valence-electron chi connectivity index (χ1n) is 8.78. The van der Waals surface area contributed by atoms with Gasteiger partial charge in [-0.3, -0.25) is 4.79 Å². The van der Waals surface area contributed by atoms with Gasteiger partial charge in [0.1, 0.15) is 26.4 Å². The maximum Gasteiger partial charge on any atom is 0.166 e. The quantitative estimate of drug-likeness (QED) is 0.699. The minimum atomic E-state index is 0.118. The summed E-state index contributed by atoms with van der Waals surface area (Å²) in [7, 11) is 0. The third-order valence-corrected chi connectivity index (χ3v) is 5.47. The van der Waals surface area contributed by atoms with E-state index in [2.05, 4.69) is 15.9 Å². The molecule has 0 N–H and O–H groups in total. The molecule has 0 saturated heterocycles. The van der Waals surface area contributed by atoms with Crippen LogP contribution in [0.2, 0.25) is 0 Å². The molecular weight excluding hydrogens is 400 g/mol. The number of ketones is 1. The zero-order valence-electron chi connectivity index (χ0n) is 14.0. The van der Waals surface area contributed by atoms with Crippen molar-refractivity contribution in [3.63, 3.8) is 0 Å². The Bertz CT molecular complexity index is 904. The molecule has 5 rings (SSSR count). The lowest BCUT2D eigenvalue weighted by Crippen LogP contribution is -2.17. The molecule has 0 spiro atoms. The first kappa shape index (κ1) is 16.0. The molecule has 1 saturated carbocycles. The Morgan fingerprint density at radius 3 is 1.85 bits per heavy atom. The van der Waals surface area contributed by atoms with Crippen LogP contribution in [0, 0.1) is 5.92 Å². The Morgan fingerprint density at radius 2 is 1.27 bits per heavy atom. The van der Waals surface area contributed by atoms with Crippen molar-refractivity contribution in [3.8, 4) is 34.1 Å². The fraction of sp³-hybridized carbons (Fsp3) is 0.350. The molecule has 0 aromatic heterocycles. The second-order valence-corrected chi connectivity index (χ2v) is 7.51. The molecule has 0 amide bonds. The van der Waals surface area contributed by atoms with Gasteiger partial charge < -0.3 is 18.9 Å². The molecule has 1 fully saturated rings. The average molecular weight is 417 g/mol. The lowest BCUT2D eigenvalue weighted by molar-refractivity contribution is 0.0967. The topological polar surface area (TPSA) is 54.0 Å². The highest BCUT2D eigenvalue weighted by atomic mass is 79.9. The number of rotatable bonds is 3. The van der Waals surface area contributed by atoms with Crippen molar-refractivity contribution in [2.45, 2.75) is 12.8 Å². The number of ether oxygens (including phenoxy) is 4. The summed E-state index contributed by atoms with van der Waals surface area (Å²) in [6.07, 6.45) is 1.91. The van der Waals surface area contributed by atoms with Crippen molar-refractivity contribution >= 4 is 21.7 Å². The van der Waals surface area contributed by atoms with Crippen LogP contribution in [0.5, 0.6) is 23.0 Å². The van der Waals surface area contributed by atoms with E-state index in [4.69, 9.17) is 18.9 Å². The maximum atomic E-state index is 12.9. The summed E-state index contributed by atoms with van der Waals surface area (Å²) in [5.74, 6) is 2.98. The standard InChI is InChI=1S/C20H17BrO5/c21-15-10-19-17(24-5-6-26-19)8-13(15)12-7-16-18(25-4-3-23-16)9-14(12)20(22)11-1-2-11/h7-11H,1-6H2. The molecule has 0 bridgehead atoms. The molecule has 2 aliphatic heterocycles. The number of Topliss-reactive ketones (excluding diaryl/α,β-unsaturated/α-hetero) is 1. The largest absolute Gasteiger partial charge is 0.486 e. The second kappa shape index (κ2) is 6.20. The SMILES string of the molecule is O=C(c1cc2c(cc1-c1cc3c(cc1Br)OCCO3)OCCO2)C1CC1. The van der Waals surface area contributed by atoms with Gasteiger partial charge in [0, 0.05) is 21.5 Å². The number of fused-ring (bicyclic) bond motifs is 2. The Balaban J connectivity index is 1.69. The Morgan fingerprint density at radius 1 is 0.769 bits per heavy atom. The van der Waals surface area contributed by atoms with Crippen molar-refractivity contribution in [3.05, 3.63) is 34.3 Å². The number of benzene rings is 2. The lowest BCUT2D eigenvalue weighted by Gasteiger charge is -2.23. The minimum absolute atomic E-state index is 0.118. The third kappa shape index (κ3) is 2.72. The van der Waals surface area contributed by atoms with Gasteiger partial charge >= 0.3 is 0 Å². The molecule has 0 unspecified atom stereocenters. The van der Waals surface area contributed by atoms with E-state index in [1.807, 2.05) is 24.3 Å². The molecule has 1 aliphatic carbocycles. The fourth-order valence-electron chi connectivity index (χ4n) is 3.35. The van der Waals surface area contributed by atoms with E-state index in [0.717, 1.165) is 28.4 Å². The number of carbonyl (C=O) groups is 1. The predicted octanol–water partition coefficient (Wildman–Crippen LogP) is 4.25. The van der Waals surface area contributed by atoms with Gasteiger partial charge in [-0.2, -0.15) is 0 Å². The number of carbonyl (C=O) groups excluding carboxylic acids is 1. The summed E-state index contributed by atoms with van der Waals surface area (Å²) in [6, 6.07) is 7.55. The summed E-state index contributed by atoms with van der Waals surface area (Å²) < 4.78 is 23.7. The second-order valence-electron chi connectivity index (χ2n) is 6.66. The van der Waals surface area contributed by atoms with Gasteiger partial charge in [-0.25, -0.2) is 0 Å². The van der Waals surface area contributed by atoms with E-state index >= 15 is 0 Å². The van der Waals surface area contributed by atoms with Crippen LogP contribution in [-0.4, -0.2) is 32.2 Å². The molecule has 5 nitrogen and oxygen atoms in total. The highest BCUT2D eigenvalue weighted by Gasteiger charge is 2.33. The van der Waals surface area contributed by atoms with Gasteiger partial charge in [0.05, 0.1) is 0 Å². The van der Waals surface area contributed by atoms with Crippen LogP contribution in [0.15, 0.2) is 28.7 Å². The van der Waals surface area contributed by atoms with Gasteiger partial charge in [0.25, 0.3) is 0 Å². The van der Waals surface area contributed by atoms with E-state index in [9.17, 15) is 4.79 Å². The lowest BCUT2D eigenvalue weighted by atomic mass is 9.94. The van der Waals surface area contributed by atoms with Gasteiger partial charge in [0.15, 0.2) is 28.8 Å². The van der Waals surface area contributed by atoms with Crippen LogP contribution >= 0.6 is 15.9 Å². The van der Waals surface area contributed by atoms with Gasteiger partial charge in [-0.15, -0.1) is 0 Å².